The summed E-state index contributed by atoms with van der Waals surface area (Å²) in [6.45, 7) is 4.61. The number of carbonyl (C=O) groups excluding carboxylic acids is 1. The highest BCUT2D eigenvalue weighted by Crippen LogP contribution is 2.05. The molecule has 1 atom stereocenters. The molecule has 1 N–H and O–H groups in total. The number of carbonyl (C=O) groups is 1. The van der Waals surface area contributed by atoms with Crippen LogP contribution >= 0.6 is 11.3 Å². The Morgan fingerprint density at radius 1 is 1.67 bits per heavy atom. The third kappa shape index (κ3) is 3.60. The van der Waals surface area contributed by atoms with E-state index in [2.05, 4.69) is 10.3 Å². The van der Waals surface area contributed by atoms with Crippen molar-refractivity contribution in [2.75, 3.05) is 13.7 Å². The van der Waals surface area contributed by atoms with E-state index in [-0.39, 0.29) is 11.9 Å². The van der Waals surface area contributed by atoms with E-state index in [0.717, 1.165) is 0 Å². The van der Waals surface area contributed by atoms with Crippen molar-refractivity contribution in [2.24, 2.45) is 5.92 Å². The van der Waals surface area contributed by atoms with Gasteiger partial charge in [-0.15, -0.1) is 11.3 Å². The van der Waals surface area contributed by atoms with E-state index in [0.29, 0.717) is 18.2 Å². The van der Waals surface area contributed by atoms with Gasteiger partial charge in [0.2, 0.25) is 0 Å². The quantitative estimate of drug-likeness (QED) is 0.831. The second-order valence-corrected chi connectivity index (χ2v) is 4.37. The summed E-state index contributed by atoms with van der Waals surface area (Å²) in [6, 6.07) is 0.0317. The Morgan fingerprint density at radius 2 is 2.40 bits per heavy atom. The van der Waals surface area contributed by atoms with E-state index in [4.69, 9.17) is 4.74 Å². The molecule has 0 aliphatic carbocycles. The molecule has 0 spiro atoms. The van der Waals surface area contributed by atoms with Crippen molar-refractivity contribution in [3.05, 3.63) is 16.6 Å². The first kappa shape index (κ1) is 12.1. The molecule has 1 amide bonds. The lowest BCUT2D eigenvalue weighted by Gasteiger charge is -2.20. The standard InChI is InChI=1S/C10H16N2O2S/c1-7(2)8(4-14-3)12-10(13)9-5-15-6-11-9/h5-8H,4H2,1-3H3,(H,12,13). The summed E-state index contributed by atoms with van der Waals surface area (Å²) in [7, 11) is 1.63. The van der Waals surface area contributed by atoms with Crippen LogP contribution in [0.25, 0.3) is 0 Å². The summed E-state index contributed by atoms with van der Waals surface area (Å²) in [6.07, 6.45) is 0. The van der Waals surface area contributed by atoms with Crippen LogP contribution in [0.4, 0.5) is 0 Å². The molecule has 84 valence electrons. The Balaban J connectivity index is 2.55. The van der Waals surface area contributed by atoms with Gasteiger partial charge in [0, 0.05) is 12.5 Å². The van der Waals surface area contributed by atoms with Crippen LogP contribution in [0.2, 0.25) is 0 Å². The molecule has 0 saturated heterocycles. The summed E-state index contributed by atoms with van der Waals surface area (Å²) in [5.41, 5.74) is 2.12. The van der Waals surface area contributed by atoms with Crippen LogP contribution in [0.15, 0.2) is 10.9 Å². The van der Waals surface area contributed by atoms with Gasteiger partial charge in [0.25, 0.3) is 5.91 Å². The second-order valence-electron chi connectivity index (χ2n) is 3.65. The van der Waals surface area contributed by atoms with Gasteiger partial charge >= 0.3 is 0 Å². The first-order chi connectivity index (χ1) is 7.15. The van der Waals surface area contributed by atoms with Gasteiger partial charge in [-0.1, -0.05) is 13.8 Å². The highest BCUT2D eigenvalue weighted by molar-refractivity contribution is 7.07. The van der Waals surface area contributed by atoms with Gasteiger partial charge in [-0.2, -0.15) is 0 Å². The van der Waals surface area contributed by atoms with Crippen molar-refractivity contribution in [3.8, 4) is 0 Å². The molecule has 0 fully saturated rings. The number of methoxy groups -OCH3 is 1. The van der Waals surface area contributed by atoms with E-state index in [1.165, 1.54) is 11.3 Å². The first-order valence-electron chi connectivity index (χ1n) is 4.83. The number of rotatable bonds is 5. The smallest absolute Gasteiger partial charge is 0.271 e. The van der Waals surface area contributed by atoms with Gasteiger partial charge in [-0.05, 0) is 5.92 Å². The van der Waals surface area contributed by atoms with Crippen LogP contribution in [0.1, 0.15) is 24.3 Å². The minimum Gasteiger partial charge on any atom is -0.383 e. The van der Waals surface area contributed by atoms with Crippen LogP contribution in [-0.2, 0) is 4.74 Å². The van der Waals surface area contributed by atoms with E-state index < -0.39 is 0 Å². The Morgan fingerprint density at radius 3 is 2.87 bits per heavy atom. The molecule has 0 bridgehead atoms. The summed E-state index contributed by atoms with van der Waals surface area (Å²) < 4.78 is 5.05. The predicted molar refractivity (Wildman–Crippen MR) is 60.1 cm³/mol. The molecule has 5 heteroatoms. The summed E-state index contributed by atoms with van der Waals surface area (Å²) >= 11 is 1.41. The van der Waals surface area contributed by atoms with Crippen molar-refractivity contribution in [1.82, 2.24) is 10.3 Å². The highest BCUT2D eigenvalue weighted by Gasteiger charge is 2.17. The van der Waals surface area contributed by atoms with Crippen molar-refractivity contribution in [2.45, 2.75) is 19.9 Å². The maximum absolute atomic E-state index is 11.7. The van der Waals surface area contributed by atoms with Gasteiger partial charge < -0.3 is 10.1 Å². The molecule has 0 aromatic carbocycles. The Bertz CT molecular complexity index is 298. The number of nitrogens with one attached hydrogen (secondary N) is 1. The van der Waals surface area contributed by atoms with Gasteiger partial charge in [0.15, 0.2) is 0 Å². The molecule has 1 aromatic heterocycles. The van der Waals surface area contributed by atoms with Crippen LogP contribution in [0, 0.1) is 5.92 Å². The van der Waals surface area contributed by atoms with Crippen LogP contribution in [0.3, 0.4) is 0 Å². The molecule has 15 heavy (non-hydrogen) atoms. The van der Waals surface area contributed by atoms with Gasteiger partial charge in [0.05, 0.1) is 18.2 Å². The fraction of sp³-hybridized carbons (Fsp3) is 0.600. The van der Waals surface area contributed by atoms with Crippen molar-refractivity contribution >= 4 is 17.2 Å². The number of hydrogen-bond donors (Lipinski definition) is 1. The molecule has 4 nitrogen and oxygen atoms in total. The molecule has 0 saturated carbocycles. The molecule has 1 unspecified atom stereocenters. The summed E-state index contributed by atoms with van der Waals surface area (Å²) in [5, 5.41) is 4.64. The van der Waals surface area contributed by atoms with E-state index >= 15 is 0 Å². The molecule has 0 aliphatic heterocycles. The van der Waals surface area contributed by atoms with Gasteiger partial charge in [-0.3, -0.25) is 4.79 Å². The number of hydrogen-bond acceptors (Lipinski definition) is 4. The molecule has 0 aliphatic rings. The van der Waals surface area contributed by atoms with Crippen molar-refractivity contribution < 1.29 is 9.53 Å². The maximum atomic E-state index is 11.7. The Hall–Kier alpha value is -0.940. The van der Waals surface area contributed by atoms with Crippen LogP contribution in [0.5, 0.6) is 0 Å². The third-order valence-corrected chi connectivity index (χ3v) is 2.72. The Labute approximate surface area is 93.7 Å². The average molecular weight is 228 g/mol. The predicted octanol–water partition coefficient (Wildman–Crippen LogP) is 1.54. The molecule has 1 aromatic rings. The molecule has 1 rings (SSSR count). The van der Waals surface area contributed by atoms with Crippen molar-refractivity contribution in [1.29, 1.82) is 0 Å². The number of nitrogens with zero attached hydrogens (tertiary/aromatic N) is 1. The monoisotopic (exact) mass is 228 g/mol. The highest BCUT2D eigenvalue weighted by atomic mass is 32.1. The zero-order valence-electron chi connectivity index (χ0n) is 9.19. The molecule has 0 radical (unpaired) electrons. The van der Waals surface area contributed by atoms with E-state index in [9.17, 15) is 4.79 Å². The summed E-state index contributed by atoms with van der Waals surface area (Å²) in [5.74, 6) is 0.208. The lowest BCUT2D eigenvalue weighted by Crippen LogP contribution is -2.41. The lowest BCUT2D eigenvalue weighted by molar-refractivity contribution is 0.0862. The van der Waals surface area contributed by atoms with E-state index in [1.54, 1.807) is 18.0 Å². The molecular formula is C10H16N2O2S. The maximum Gasteiger partial charge on any atom is 0.271 e. The number of aromatic nitrogens is 1. The normalized spacial score (nSPS) is 12.8. The third-order valence-electron chi connectivity index (χ3n) is 2.13. The fourth-order valence-corrected chi connectivity index (χ4v) is 1.68. The number of amides is 1. The molecular weight excluding hydrogens is 212 g/mol. The SMILES string of the molecule is COCC(NC(=O)c1cscn1)C(C)C. The topological polar surface area (TPSA) is 51.2 Å². The van der Waals surface area contributed by atoms with Crippen LogP contribution in [-0.4, -0.2) is 30.6 Å². The van der Waals surface area contributed by atoms with Gasteiger partial charge in [-0.25, -0.2) is 4.98 Å². The second kappa shape index (κ2) is 5.82. The van der Waals surface area contributed by atoms with Gasteiger partial charge in [0.1, 0.15) is 5.69 Å². The molecule has 1 heterocycles. The fourth-order valence-electron chi connectivity index (χ4n) is 1.15. The largest absolute Gasteiger partial charge is 0.383 e. The first-order valence-corrected chi connectivity index (χ1v) is 5.77. The zero-order valence-corrected chi connectivity index (χ0v) is 10.0. The Kier molecular flexibility index (Phi) is 4.71. The minimum absolute atomic E-state index is 0.0317. The zero-order chi connectivity index (χ0) is 11.3. The van der Waals surface area contributed by atoms with E-state index in [1.807, 2.05) is 13.8 Å². The summed E-state index contributed by atoms with van der Waals surface area (Å²) in [4.78, 5) is 15.6. The van der Waals surface area contributed by atoms with Crippen LogP contribution < -0.4 is 5.32 Å². The minimum atomic E-state index is -0.132. The average Bonchev–Trinajstić information content (AvgIpc) is 2.69. The number of thiazole rings is 1. The van der Waals surface area contributed by atoms with Crippen molar-refractivity contribution in [3.63, 3.8) is 0 Å². The number of ether oxygens (including phenoxy) is 1. The lowest BCUT2D eigenvalue weighted by atomic mass is 10.1.